The fourth-order valence-electron chi connectivity index (χ4n) is 3.52. The second-order valence-corrected chi connectivity index (χ2v) is 7.50. The van der Waals surface area contributed by atoms with Crippen LogP contribution in [0.4, 0.5) is 17.3 Å². The van der Waals surface area contributed by atoms with Crippen LogP contribution in [0.2, 0.25) is 0 Å². The molecule has 0 bridgehead atoms. The van der Waals surface area contributed by atoms with Gasteiger partial charge in [0.2, 0.25) is 0 Å². The van der Waals surface area contributed by atoms with E-state index in [0.29, 0.717) is 13.2 Å². The number of furan rings is 1. The standard InChI is InChI=1S/C23H30N6O2/c1-2-28-9-11-29(12-10-28)13-15-31-20-7-5-19(6-8-20)27-23-16-22(25-18-26-23)24-17-21-4-3-14-30-21/h3-8,14,16,18H,2,9-13,15,17H2,1H3,(H2,24,25,26,27). The van der Waals surface area contributed by atoms with Gasteiger partial charge in [-0.25, -0.2) is 9.97 Å². The van der Waals surface area contributed by atoms with Crippen molar-refractivity contribution in [2.24, 2.45) is 0 Å². The third-order valence-electron chi connectivity index (χ3n) is 5.41. The summed E-state index contributed by atoms with van der Waals surface area (Å²) in [6.45, 7) is 10.2. The molecule has 164 valence electrons. The van der Waals surface area contributed by atoms with Crippen LogP contribution in [-0.2, 0) is 6.54 Å². The van der Waals surface area contributed by atoms with Crippen LogP contribution in [0, 0.1) is 0 Å². The van der Waals surface area contributed by atoms with Crippen LogP contribution in [0.1, 0.15) is 12.7 Å². The summed E-state index contributed by atoms with van der Waals surface area (Å²) in [5.41, 5.74) is 0.943. The maximum absolute atomic E-state index is 5.93. The molecule has 1 saturated heterocycles. The average Bonchev–Trinajstić information content (AvgIpc) is 3.33. The van der Waals surface area contributed by atoms with Gasteiger partial charge in [0.1, 0.15) is 36.1 Å². The summed E-state index contributed by atoms with van der Waals surface area (Å²) in [6.07, 6.45) is 3.19. The SMILES string of the molecule is CCN1CCN(CCOc2ccc(Nc3cc(NCc4ccco4)ncn3)cc2)CC1. The van der Waals surface area contributed by atoms with Gasteiger partial charge >= 0.3 is 0 Å². The lowest BCUT2D eigenvalue weighted by Gasteiger charge is -2.33. The highest BCUT2D eigenvalue weighted by atomic mass is 16.5. The van der Waals surface area contributed by atoms with Crippen LogP contribution >= 0.6 is 0 Å². The number of hydrogen-bond donors (Lipinski definition) is 2. The third-order valence-corrected chi connectivity index (χ3v) is 5.41. The van der Waals surface area contributed by atoms with Crippen molar-refractivity contribution in [1.29, 1.82) is 0 Å². The van der Waals surface area contributed by atoms with Gasteiger partial charge in [-0.3, -0.25) is 4.90 Å². The minimum Gasteiger partial charge on any atom is -0.492 e. The monoisotopic (exact) mass is 422 g/mol. The molecule has 3 heterocycles. The molecule has 2 aromatic heterocycles. The van der Waals surface area contributed by atoms with Crippen LogP contribution < -0.4 is 15.4 Å². The molecule has 0 saturated carbocycles. The zero-order valence-corrected chi connectivity index (χ0v) is 18.0. The zero-order chi connectivity index (χ0) is 21.3. The van der Waals surface area contributed by atoms with Crippen molar-refractivity contribution in [3.05, 3.63) is 60.8 Å². The van der Waals surface area contributed by atoms with E-state index in [0.717, 1.165) is 68.1 Å². The number of nitrogens with zero attached hydrogens (tertiary/aromatic N) is 4. The van der Waals surface area contributed by atoms with Gasteiger partial charge in [0.05, 0.1) is 12.8 Å². The number of hydrogen-bond acceptors (Lipinski definition) is 8. The van der Waals surface area contributed by atoms with Crippen molar-refractivity contribution in [2.45, 2.75) is 13.5 Å². The van der Waals surface area contributed by atoms with Crippen molar-refractivity contribution in [1.82, 2.24) is 19.8 Å². The summed E-state index contributed by atoms with van der Waals surface area (Å²) in [5.74, 6) is 3.18. The maximum atomic E-state index is 5.93. The van der Waals surface area contributed by atoms with E-state index in [1.165, 1.54) is 6.33 Å². The summed E-state index contributed by atoms with van der Waals surface area (Å²) >= 11 is 0. The fraction of sp³-hybridized carbons (Fsp3) is 0.391. The molecule has 1 aliphatic heterocycles. The molecule has 1 fully saturated rings. The molecule has 0 amide bonds. The maximum Gasteiger partial charge on any atom is 0.135 e. The molecule has 0 unspecified atom stereocenters. The Labute approximate surface area is 183 Å². The van der Waals surface area contributed by atoms with Crippen LogP contribution in [0.3, 0.4) is 0 Å². The number of aromatic nitrogens is 2. The molecule has 0 aliphatic carbocycles. The van der Waals surface area contributed by atoms with Gasteiger partial charge in [-0.1, -0.05) is 6.92 Å². The molecule has 31 heavy (non-hydrogen) atoms. The lowest BCUT2D eigenvalue weighted by molar-refractivity contribution is 0.121. The van der Waals surface area contributed by atoms with E-state index >= 15 is 0 Å². The van der Waals surface area contributed by atoms with Crippen molar-refractivity contribution < 1.29 is 9.15 Å². The first-order chi connectivity index (χ1) is 15.3. The average molecular weight is 423 g/mol. The van der Waals surface area contributed by atoms with Gasteiger partial charge in [0.25, 0.3) is 0 Å². The fourth-order valence-corrected chi connectivity index (χ4v) is 3.52. The Bertz CT molecular complexity index is 908. The van der Waals surface area contributed by atoms with Crippen molar-refractivity contribution >= 4 is 17.3 Å². The Balaban J connectivity index is 1.22. The van der Waals surface area contributed by atoms with Gasteiger partial charge in [-0.05, 0) is 42.9 Å². The van der Waals surface area contributed by atoms with E-state index in [2.05, 4.69) is 37.3 Å². The van der Waals surface area contributed by atoms with Crippen LogP contribution in [0.5, 0.6) is 5.75 Å². The highest BCUT2D eigenvalue weighted by Gasteiger charge is 2.14. The molecule has 8 nitrogen and oxygen atoms in total. The molecule has 0 radical (unpaired) electrons. The molecule has 3 aromatic rings. The Kier molecular flexibility index (Phi) is 7.36. The lowest BCUT2D eigenvalue weighted by atomic mass is 10.3. The predicted molar refractivity (Wildman–Crippen MR) is 122 cm³/mol. The Hall–Kier alpha value is -3.10. The molecule has 8 heteroatoms. The summed E-state index contributed by atoms with van der Waals surface area (Å²) in [7, 11) is 0. The first kappa shape index (κ1) is 21.1. The minimum absolute atomic E-state index is 0.573. The summed E-state index contributed by atoms with van der Waals surface area (Å²) in [6, 6.07) is 13.6. The van der Waals surface area contributed by atoms with Crippen LogP contribution in [-0.4, -0.2) is 65.6 Å². The second-order valence-electron chi connectivity index (χ2n) is 7.50. The third kappa shape index (κ3) is 6.44. The number of benzene rings is 1. The van der Waals surface area contributed by atoms with Gasteiger partial charge in [-0.15, -0.1) is 0 Å². The van der Waals surface area contributed by atoms with Crippen molar-refractivity contribution in [3.8, 4) is 5.75 Å². The molecular weight excluding hydrogens is 392 g/mol. The van der Waals surface area contributed by atoms with Crippen LogP contribution in [0.15, 0.2) is 59.5 Å². The van der Waals surface area contributed by atoms with E-state index in [4.69, 9.17) is 9.15 Å². The van der Waals surface area contributed by atoms with Gasteiger partial charge in [0.15, 0.2) is 0 Å². The number of nitrogens with one attached hydrogen (secondary N) is 2. The largest absolute Gasteiger partial charge is 0.492 e. The summed E-state index contributed by atoms with van der Waals surface area (Å²) in [5, 5.41) is 6.53. The second kappa shape index (κ2) is 10.8. The Morgan fingerprint density at radius 1 is 1.00 bits per heavy atom. The molecular formula is C23H30N6O2. The lowest BCUT2D eigenvalue weighted by Crippen LogP contribution is -2.47. The van der Waals surface area contributed by atoms with E-state index < -0.39 is 0 Å². The van der Waals surface area contributed by atoms with Gasteiger partial charge < -0.3 is 24.7 Å². The number of piperazine rings is 1. The van der Waals surface area contributed by atoms with Crippen molar-refractivity contribution in [2.75, 3.05) is 56.5 Å². The Morgan fingerprint density at radius 3 is 2.52 bits per heavy atom. The quantitative estimate of drug-likeness (QED) is 0.514. The zero-order valence-electron chi connectivity index (χ0n) is 18.0. The number of rotatable bonds is 10. The molecule has 1 aromatic carbocycles. The predicted octanol–water partition coefficient (Wildman–Crippen LogP) is 3.44. The van der Waals surface area contributed by atoms with Crippen LogP contribution in [0.25, 0.3) is 0 Å². The summed E-state index contributed by atoms with van der Waals surface area (Å²) in [4.78, 5) is 13.5. The smallest absolute Gasteiger partial charge is 0.135 e. The first-order valence-corrected chi connectivity index (χ1v) is 10.8. The molecule has 1 aliphatic rings. The topological polar surface area (TPSA) is 78.7 Å². The van der Waals surface area contributed by atoms with E-state index in [9.17, 15) is 0 Å². The van der Waals surface area contributed by atoms with E-state index in [1.54, 1.807) is 6.26 Å². The molecule has 4 rings (SSSR count). The highest BCUT2D eigenvalue weighted by Crippen LogP contribution is 2.20. The number of anilines is 3. The van der Waals surface area contributed by atoms with Crippen molar-refractivity contribution in [3.63, 3.8) is 0 Å². The Morgan fingerprint density at radius 2 is 1.77 bits per heavy atom. The van der Waals surface area contributed by atoms with Gasteiger partial charge in [0, 0.05) is 44.5 Å². The van der Waals surface area contributed by atoms with E-state index in [1.807, 2.05) is 42.5 Å². The highest BCUT2D eigenvalue weighted by molar-refractivity contribution is 5.59. The minimum atomic E-state index is 0.573. The summed E-state index contributed by atoms with van der Waals surface area (Å²) < 4.78 is 11.3. The first-order valence-electron chi connectivity index (χ1n) is 10.8. The van der Waals surface area contributed by atoms with E-state index in [-0.39, 0.29) is 0 Å². The normalized spacial score (nSPS) is 15.0. The number of likely N-dealkylation sites (N-methyl/N-ethyl adjacent to an activating group) is 1. The molecule has 0 atom stereocenters. The molecule has 2 N–H and O–H groups in total. The van der Waals surface area contributed by atoms with Gasteiger partial charge in [-0.2, -0.15) is 0 Å². The molecule has 0 spiro atoms. The number of ether oxygens (including phenoxy) is 1.